The maximum atomic E-state index is 13.2. The zero-order valence-electron chi connectivity index (χ0n) is 20.1. The maximum absolute atomic E-state index is 13.2. The Morgan fingerprint density at radius 3 is 2.39 bits per heavy atom. The van der Waals surface area contributed by atoms with E-state index in [1.807, 2.05) is 30.3 Å². The van der Waals surface area contributed by atoms with Crippen molar-refractivity contribution in [3.05, 3.63) is 35.9 Å². The molecule has 0 saturated carbocycles. The third-order valence-corrected chi connectivity index (χ3v) is 6.24. The van der Waals surface area contributed by atoms with Crippen LogP contribution in [0.1, 0.15) is 31.2 Å². The van der Waals surface area contributed by atoms with Crippen LogP contribution in [0.15, 0.2) is 35.3 Å². The molecule has 1 fully saturated rings. The van der Waals surface area contributed by atoms with Crippen molar-refractivity contribution in [1.29, 1.82) is 0 Å². The highest BCUT2D eigenvalue weighted by Gasteiger charge is 2.37. The lowest BCUT2D eigenvalue weighted by Gasteiger charge is -2.28. The number of carbonyl (C=O) groups is 4. The molecule has 0 spiro atoms. The molecular formula is C23H36N8O4S. The number of primary amides is 1. The molecule has 0 radical (unpaired) electrons. The minimum absolute atomic E-state index is 0.0000520. The van der Waals surface area contributed by atoms with E-state index in [-0.39, 0.29) is 30.6 Å². The van der Waals surface area contributed by atoms with Gasteiger partial charge in [0.1, 0.15) is 18.1 Å². The van der Waals surface area contributed by atoms with Crippen LogP contribution in [0.5, 0.6) is 0 Å². The van der Waals surface area contributed by atoms with Crippen LogP contribution in [0.2, 0.25) is 0 Å². The summed E-state index contributed by atoms with van der Waals surface area (Å²) in [4.78, 5) is 56.0. The van der Waals surface area contributed by atoms with E-state index >= 15 is 0 Å². The summed E-state index contributed by atoms with van der Waals surface area (Å²) >= 11 is 4.03. The smallest absolute Gasteiger partial charge is 0.243 e. The number of amides is 4. The summed E-state index contributed by atoms with van der Waals surface area (Å²) in [5, 5.41) is 5.22. The number of thiol groups is 1. The van der Waals surface area contributed by atoms with Crippen LogP contribution in [0.3, 0.4) is 0 Å². The lowest BCUT2D eigenvalue weighted by molar-refractivity contribution is -0.140. The third kappa shape index (κ3) is 8.72. The van der Waals surface area contributed by atoms with Gasteiger partial charge in [-0.2, -0.15) is 12.6 Å². The molecule has 4 amide bonds. The second-order valence-corrected chi connectivity index (χ2v) is 9.01. The van der Waals surface area contributed by atoms with Gasteiger partial charge in [-0.25, -0.2) is 0 Å². The van der Waals surface area contributed by atoms with E-state index in [4.69, 9.17) is 22.9 Å². The lowest BCUT2D eigenvalue weighted by Crippen LogP contribution is -2.57. The number of hydrogen-bond acceptors (Lipinski definition) is 7. The number of likely N-dealkylation sites (tertiary alicyclic amines) is 1. The highest BCUT2D eigenvalue weighted by molar-refractivity contribution is 7.80. The molecule has 2 rings (SSSR count). The van der Waals surface area contributed by atoms with Gasteiger partial charge in [-0.15, -0.1) is 0 Å². The molecule has 13 heteroatoms. The second kappa shape index (κ2) is 14.3. The van der Waals surface area contributed by atoms with Gasteiger partial charge in [-0.3, -0.25) is 24.2 Å². The van der Waals surface area contributed by atoms with E-state index in [9.17, 15) is 19.2 Å². The van der Waals surface area contributed by atoms with E-state index in [1.54, 1.807) is 0 Å². The predicted molar refractivity (Wildman–Crippen MR) is 140 cm³/mol. The zero-order chi connectivity index (χ0) is 26.7. The predicted octanol–water partition coefficient (Wildman–Crippen LogP) is -2.01. The van der Waals surface area contributed by atoms with E-state index in [0.29, 0.717) is 32.2 Å². The van der Waals surface area contributed by atoms with Crippen molar-refractivity contribution in [2.45, 2.75) is 56.3 Å². The first-order valence-corrected chi connectivity index (χ1v) is 12.4. The molecule has 0 unspecified atom stereocenters. The molecule has 1 aromatic rings. The summed E-state index contributed by atoms with van der Waals surface area (Å²) in [5.74, 6) is -2.23. The number of benzene rings is 1. The molecule has 1 aliphatic rings. The van der Waals surface area contributed by atoms with Gasteiger partial charge < -0.3 is 38.5 Å². The third-order valence-electron chi connectivity index (χ3n) is 5.87. The van der Waals surface area contributed by atoms with Crippen LogP contribution in [-0.4, -0.2) is 77.5 Å². The molecule has 1 aliphatic heterocycles. The van der Waals surface area contributed by atoms with Crippen LogP contribution >= 0.6 is 12.6 Å². The number of hydrogen-bond donors (Lipinski definition) is 7. The largest absolute Gasteiger partial charge is 0.370 e. The number of rotatable bonds is 13. The number of nitrogens with two attached hydrogens (primary N) is 4. The fraction of sp³-hybridized carbons (Fsp3) is 0.522. The average molecular weight is 521 g/mol. The molecule has 1 aromatic carbocycles. The molecule has 0 aromatic heterocycles. The van der Waals surface area contributed by atoms with Gasteiger partial charge in [0.15, 0.2) is 5.96 Å². The van der Waals surface area contributed by atoms with Gasteiger partial charge in [-0.1, -0.05) is 30.3 Å². The first-order chi connectivity index (χ1) is 17.1. The number of carbonyl (C=O) groups excluding carboxylic acids is 4. The summed E-state index contributed by atoms with van der Waals surface area (Å²) in [6, 6.07) is 5.83. The Morgan fingerprint density at radius 1 is 1.08 bits per heavy atom. The fourth-order valence-electron chi connectivity index (χ4n) is 3.99. The highest BCUT2D eigenvalue weighted by Crippen LogP contribution is 2.20. The van der Waals surface area contributed by atoms with Crippen LogP contribution in [0, 0.1) is 0 Å². The number of aliphatic imine (C=N–C) groups is 1. The molecule has 10 N–H and O–H groups in total. The fourth-order valence-corrected chi connectivity index (χ4v) is 4.26. The second-order valence-electron chi connectivity index (χ2n) is 8.64. The molecular weight excluding hydrogens is 484 g/mol. The lowest BCUT2D eigenvalue weighted by atomic mass is 10.0. The zero-order valence-corrected chi connectivity index (χ0v) is 21.0. The van der Waals surface area contributed by atoms with Gasteiger partial charge in [0, 0.05) is 18.8 Å². The SMILES string of the molecule is NC(=O)[C@@H](CS)NC(=O)[C@@H](CCCN=C(N)N)NC(=O)[C@@H]1CCCN1C(=O)[C@H](N)Cc1ccccc1. The first-order valence-electron chi connectivity index (χ1n) is 11.8. The quantitative estimate of drug-likeness (QED) is 0.0671. The summed E-state index contributed by atoms with van der Waals surface area (Å²) in [6.07, 6.45) is 2.00. The minimum Gasteiger partial charge on any atom is -0.370 e. The molecule has 1 saturated heterocycles. The van der Waals surface area contributed by atoms with Gasteiger partial charge in [-0.05, 0) is 37.7 Å². The van der Waals surface area contributed by atoms with Crippen LogP contribution in [0.4, 0.5) is 0 Å². The van der Waals surface area contributed by atoms with Crippen LogP contribution < -0.4 is 33.6 Å². The Morgan fingerprint density at radius 2 is 1.78 bits per heavy atom. The minimum atomic E-state index is -1.00. The van der Waals surface area contributed by atoms with Gasteiger partial charge >= 0.3 is 0 Å². The van der Waals surface area contributed by atoms with Crippen LogP contribution in [-0.2, 0) is 25.6 Å². The van der Waals surface area contributed by atoms with E-state index in [1.165, 1.54) is 4.90 Å². The van der Waals surface area contributed by atoms with Crippen molar-refractivity contribution >= 4 is 42.2 Å². The van der Waals surface area contributed by atoms with Gasteiger partial charge in [0.05, 0.1) is 6.04 Å². The van der Waals surface area contributed by atoms with E-state index in [2.05, 4.69) is 28.3 Å². The molecule has 0 bridgehead atoms. The Bertz CT molecular complexity index is 941. The van der Waals surface area contributed by atoms with Gasteiger partial charge in [0.25, 0.3) is 0 Å². The van der Waals surface area contributed by atoms with E-state index < -0.39 is 41.9 Å². The van der Waals surface area contributed by atoms with Crippen molar-refractivity contribution in [2.75, 3.05) is 18.8 Å². The average Bonchev–Trinajstić information content (AvgIpc) is 3.34. The topological polar surface area (TPSA) is 212 Å². The molecule has 1 heterocycles. The Balaban J connectivity index is 2.08. The molecule has 0 aliphatic carbocycles. The highest BCUT2D eigenvalue weighted by atomic mass is 32.1. The molecule has 4 atom stereocenters. The van der Waals surface area contributed by atoms with Crippen molar-refractivity contribution in [3.63, 3.8) is 0 Å². The summed E-state index contributed by atoms with van der Waals surface area (Å²) in [7, 11) is 0. The Kier molecular flexibility index (Phi) is 11.5. The normalized spacial score (nSPS) is 17.5. The monoisotopic (exact) mass is 520 g/mol. The molecule has 36 heavy (non-hydrogen) atoms. The maximum Gasteiger partial charge on any atom is 0.243 e. The number of nitrogens with one attached hydrogen (secondary N) is 2. The summed E-state index contributed by atoms with van der Waals surface area (Å²) < 4.78 is 0. The molecule has 198 valence electrons. The van der Waals surface area contributed by atoms with Crippen molar-refractivity contribution in [1.82, 2.24) is 15.5 Å². The summed E-state index contributed by atoms with van der Waals surface area (Å²) in [6.45, 7) is 0.639. The van der Waals surface area contributed by atoms with Crippen molar-refractivity contribution < 1.29 is 19.2 Å². The van der Waals surface area contributed by atoms with Gasteiger partial charge in [0.2, 0.25) is 23.6 Å². The van der Waals surface area contributed by atoms with Crippen molar-refractivity contribution in [3.8, 4) is 0 Å². The summed E-state index contributed by atoms with van der Waals surface area (Å²) in [5.41, 5.74) is 23.1. The van der Waals surface area contributed by atoms with Crippen LogP contribution in [0.25, 0.3) is 0 Å². The Labute approximate surface area is 216 Å². The van der Waals surface area contributed by atoms with E-state index in [0.717, 1.165) is 5.56 Å². The Hall–Kier alpha value is -3.32. The number of nitrogens with zero attached hydrogens (tertiary/aromatic N) is 2. The molecule has 12 nitrogen and oxygen atoms in total. The standard InChI is InChI=1S/C23H36N8O4S/c24-15(12-14-6-2-1-3-7-14)22(35)31-11-5-9-18(31)21(34)29-16(8-4-10-28-23(26)27)20(33)30-17(13-36)19(25)32/h1-3,6-7,15-18,36H,4-5,8-13,24H2,(H2,25,32)(H,29,34)(H,30,33)(H4,26,27,28)/t15-,16-,17-,18+/m1/s1. The first kappa shape index (κ1) is 28.9. The number of guanidine groups is 1. The van der Waals surface area contributed by atoms with Crippen molar-refractivity contribution in [2.24, 2.45) is 27.9 Å².